The minimum absolute atomic E-state index is 0.0174. The summed E-state index contributed by atoms with van der Waals surface area (Å²) < 4.78 is 5.46. The molecule has 150 valence electrons. The van der Waals surface area contributed by atoms with Gasteiger partial charge in [0.15, 0.2) is 0 Å². The highest BCUT2D eigenvalue weighted by molar-refractivity contribution is 5.69. The van der Waals surface area contributed by atoms with Crippen molar-refractivity contribution >= 4 is 5.97 Å². The standard InChI is InChI=1S/C22H44O3/c1-3-5-11-15-21(16-12-6-4-2)18-20-25-22(24)17-13-9-7-8-10-14-19-23/h21,23H,3-20H2,1-2H3. The molecule has 1 N–H and O–H groups in total. The van der Waals surface area contributed by atoms with Crippen molar-refractivity contribution < 1.29 is 14.6 Å². The Labute approximate surface area is 156 Å². The van der Waals surface area contributed by atoms with Crippen molar-refractivity contribution in [3.63, 3.8) is 0 Å². The average molecular weight is 357 g/mol. The van der Waals surface area contributed by atoms with E-state index in [0.717, 1.165) is 50.9 Å². The summed E-state index contributed by atoms with van der Waals surface area (Å²) in [6.07, 6.45) is 18.4. The van der Waals surface area contributed by atoms with Crippen LogP contribution in [0.5, 0.6) is 0 Å². The van der Waals surface area contributed by atoms with Crippen molar-refractivity contribution in [3.05, 3.63) is 0 Å². The molecule has 0 aromatic heterocycles. The summed E-state index contributed by atoms with van der Waals surface area (Å²) in [4.78, 5) is 11.8. The third-order valence-corrected chi connectivity index (χ3v) is 5.01. The van der Waals surface area contributed by atoms with Crippen LogP contribution in [0.4, 0.5) is 0 Å². The Morgan fingerprint density at radius 1 is 0.760 bits per heavy atom. The maximum Gasteiger partial charge on any atom is 0.305 e. The molecule has 0 spiro atoms. The second kappa shape index (κ2) is 19.8. The molecule has 0 fully saturated rings. The zero-order chi connectivity index (χ0) is 18.6. The lowest BCUT2D eigenvalue weighted by atomic mass is 9.92. The molecule has 0 aliphatic rings. The zero-order valence-corrected chi connectivity index (χ0v) is 17.1. The number of aliphatic hydroxyl groups is 1. The van der Waals surface area contributed by atoms with Gasteiger partial charge in [0.25, 0.3) is 0 Å². The van der Waals surface area contributed by atoms with Crippen LogP contribution < -0.4 is 0 Å². The van der Waals surface area contributed by atoms with Crippen LogP contribution in [0.1, 0.15) is 117 Å². The summed E-state index contributed by atoms with van der Waals surface area (Å²) in [7, 11) is 0. The predicted octanol–water partition coefficient (Wildman–Crippen LogP) is 6.42. The normalized spacial score (nSPS) is 11.2. The van der Waals surface area contributed by atoms with Crippen LogP contribution in [-0.4, -0.2) is 24.3 Å². The monoisotopic (exact) mass is 356 g/mol. The number of aliphatic hydroxyl groups excluding tert-OH is 1. The number of rotatable bonds is 19. The van der Waals surface area contributed by atoms with E-state index in [4.69, 9.17) is 9.84 Å². The van der Waals surface area contributed by atoms with Gasteiger partial charge in [0, 0.05) is 13.0 Å². The summed E-state index contributed by atoms with van der Waals surface area (Å²) in [6.45, 7) is 5.41. The molecule has 0 rings (SSSR count). The van der Waals surface area contributed by atoms with E-state index in [-0.39, 0.29) is 5.97 Å². The van der Waals surface area contributed by atoms with E-state index in [0.29, 0.717) is 19.6 Å². The molecule has 0 bridgehead atoms. The van der Waals surface area contributed by atoms with Crippen molar-refractivity contribution in [2.24, 2.45) is 5.92 Å². The third kappa shape index (κ3) is 18.0. The Bertz CT molecular complexity index is 268. The van der Waals surface area contributed by atoms with Crippen LogP contribution in [0.15, 0.2) is 0 Å². The first-order valence-electron chi connectivity index (χ1n) is 11.0. The first-order chi connectivity index (χ1) is 12.2. The van der Waals surface area contributed by atoms with Gasteiger partial charge in [-0.3, -0.25) is 4.79 Å². The largest absolute Gasteiger partial charge is 0.466 e. The average Bonchev–Trinajstić information content (AvgIpc) is 2.61. The van der Waals surface area contributed by atoms with Gasteiger partial charge in [-0.1, -0.05) is 90.9 Å². The van der Waals surface area contributed by atoms with Crippen LogP contribution in [0.3, 0.4) is 0 Å². The predicted molar refractivity (Wildman–Crippen MR) is 107 cm³/mol. The molecule has 3 nitrogen and oxygen atoms in total. The lowest BCUT2D eigenvalue weighted by Gasteiger charge is -2.16. The topological polar surface area (TPSA) is 46.5 Å². The number of carbonyl (C=O) groups is 1. The van der Waals surface area contributed by atoms with E-state index < -0.39 is 0 Å². The molecule has 0 aliphatic carbocycles. The van der Waals surface area contributed by atoms with Crippen molar-refractivity contribution in [1.82, 2.24) is 0 Å². The van der Waals surface area contributed by atoms with Crippen LogP contribution in [-0.2, 0) is 9.53 Å². The quantitative estimate of drug-likeness (QED) is 0.214. The van der Waals surface area contributed by atoms with E-state index in [1.54, 1.807) is 0 Å². The van der Waals surface area contributed by atoms with E-state index in [2.05, 4.69) is 13.8 Å². The molecule has 25 heavy (non-hydrogen) atoms. The van der Waals surface area contributed by atoms with Crippen molar-refractivity contribution in [1.29, 1.82) is 0 Å². The number of ether oxygens (including phenoxy) is 1. The van der Waals surface area contributed by atoms with Crippen molar-refractivity contribution in [3.8, 4) is 0 Å². The Morgan fingerprint density at radius 3 is 1.88 bits per heavy atom. The van der Waals surface area contributed by atoms with Gasteiger partial charge in [-0.05, 0) is 25.2 Å². The van der Waals surface area contributed by atoms with E-state index in [9.17, 15) is 4.79 Å². The molecular weight excluding hydrogens is 312 g/mol. The van der Waals surface area contributed by atoms with Crippen molar-refractivity contribution in [2.75, 3.05) is 13.2 Å². The van der Waals surface area contributed by atoms with Crippen LogP contribution in [0.2, 0.25) is 0 Å². The van der Waals surface area contributed by atoms with Gasteiger partial charge in [0.05, 0.1) is 6.61 Å². The molecule has 0 atom stereocenters. The molecule has 0 amide bonds. The molecule has 0 heterocycles. The fourth-order valence-corrected chi connectivity index (χ4v) is 3.30. The fraction of sp³-hybridized carbons (Fsp3) is 0.955. The highest BCUT2D eigenvalue weighted by Crippen LogP contribution is 2.21. The molecule has 0 saturated carbocycles. The molecule has 0 radical (unpaired) electrons. The summed E-state index contributed by atoms with van der Waals surface area (Å²) in [5.41, 5.74) is 0. The number of unbranched alkanes of at least 4 members (excludes halogenated alkanes) is 9. The second-order valence-electron chi connectivity index (χ2n) is 7.46. The zero-order valence-electron chi connectivity index (χ0n) is 17.1. The smallest absolute Gasteiger partial charge is 0.305 e. The second-order valence-corrected chi connectivity index (χ2v) is 7.46. The van der Waals surface area contributed by atoms with E-state index in [1.807, 2.05) is 0 Å². The molecule has 0 aromatic carbocycles. The molecule has 0 saturated heterocycles. The molecule has 0 aromatic rings. The maximum absolute atomic E-state index is 11.8. The Kier molecular flexibility index (Phi) is 19.3. The van der Waals surface area contributed by atoms with Gasteiger partial charge in [0.1, 0.15) is 0 Å². The first-order valence-corrected chi connectivity index (χ1v) is 11.0. The Hall–Kier alpha value is -0.570. The number of hydrogen-bond donors (Lipinski definition) is 1. The first kappa shape index (κ1) is 24.4. The molecule has 0 unspecified atom stereocenters. The molecule has 0 aliphatic heterocycles. The SMILES string of the molecule is CCCCCC(CCCCC)CCOC(=O)CCCCCCCCO. The van der Waals surface area contributed by atoms with Crippen LogP contribution in [0, 0.1) is 5.92 Å². The summed E-state index contributed by atoms with van der Waals surface area (Å²) >= 11 is 0. The highest BCUT2D eigenvalue weighted by Gasteiger charge is 2.10. The minimum atomic E-state index is -0.0174. The highest BCUT2D eigenvalue weighted by atomic mass is 16.5. The summed E-state index contributed by atoms with van der Waals surface area (Å²) in [6, 6.07) is 0. The van der Waals surface area contributed by atoms with E-state index in [1.165, 1.54) is 51.4 Å². The van der Waals surface area contributed by atoms with E-state index >= 15 is 0 Å². The summed E-state index contributed by atoms with van der Waals surface area (Å²) in [5, 5.41) is 8.72. The minimum Gasteiger partial charge on any atom is -0.466 e. The van der Waals surface area contributed by atoms with Crippen LogP contribution >= 0.6 is 0 Å². The van der Waals surface area contributed by atoms with Gasteiger partial charge in [-0.2, -0.15) is 0 Å². The number of hydrogen-bond acceptors (Lipinski definition) is 3. The van der Waals surface area contributed by atoms with Crippen molar-refractivity contribution in [2.45, 2.75) is 117 Å². The number of carbonyl (C=O) groups excluding carboxylic acids is 1. The van der Waals surface area contributed by atoms with Crippen LogP contribution in [0.25, 0.3) is 0 Å². The maximum atomic E-state index is 11.8. The summed E-state index contributed by atoms with van der Waals surface area (Å²) in [5.74, 6) is 0.716. The fourth-order valence-electron chi connectivity index (χ4n) is 3.30. The Balaban J connectivity index is 3.68. The molecule has 3 heteroatoms. The van der Waals surface area contributed by atoms with Gasteiger partial charge in [-0.25, -0.2) is 0 Å². The van der Waals surface area contributed by atoms with Gasteiger partial charge < -0.3 is 9.84 Å². The van der Waals surface area contributed by atoms with Gasteiger partial charge in [-0.15, -0.1) is 0 Å². The lowest BCUT2D eigenvalue weighted by Crippen LogP contribution is -2.10. The molecular formula is C22H44O3. The van der Waals surface area contributed by atoms with Gasteiger partial charge in [0.2, 0.25) is 0 Å². The number of esters is 1. The Morgan fingerprint density at radius 2 is 1.32 bits per heavy atom. The van der Waals surface area contributed by atoms with Gasteiger partial charge >= 0.3 is 5.97 Å². The lowest BCUT2D eigenvalue weighted by molar-refractivity contribution is -0.144. The third-order valence-electron chi connectivity index (χ3n) is 5.01.